The number of H-pyrrole nitrogens is 1. The summed E-state index contributed by atoms with van der Waals surface area (Å²) < 4.78 is 0. The van der Waals surface area contributed by atoms with Gasteiger partial charge in [-0.25, -0.2) is 0 Å². The predicted octanol–water partition coefficient (Wildman–Crippen LogP) is 0.910. The van der Waals surface area contributed by atoms with E-state index >= 15 is 0 Å². The third-order valence-corrected chi connectivity index (χ3v) is 5.91. The second kappa shape index (κ2) is 12.2. The van der Waals surface area contributed by atoms with Crippen molar-refractivity contribution in [3.05, 3.63) is 36.0 Å². The van der Waals surface area contributed by atoms with Crippen molar-refractivity contribution in [2.75, 3.05) is 6.54 Å². The highest BCUT2D eigenvalue weighted by Crippen LogP contribution is 2.19. The van der Waals surface area contributed by atoms with Crippen molar-refractivity contribution in [1.29, 1.82) is 0 Å². The van der Waals surface area contributed by atoms with Gasteiger partial charge in [0.2, 0.25) is 17.7 Å². The summed E-state index contributed by atoms with van der Waals surface area (Å²) in [5.74, 6) is -3.30. The average molecular weight is 474 g/mol. The van der Waals surface area contributed by atoms with Crippen LogP contribution in [0.15, 0.2) is 30.5 Å². The monoisotopic (exact) mass is 473 g/mol. The minimum Gasteiger partial charge on any atom is -0.480 e. The fourth-order valence-corrected chi connectivity index (χ4v) is 3.64. The number of carbonyl (C=O) groups excluding carboxylic acids is 3. The predicted molar refractivity (Wildman–Crippen MR) is 129 cm³/mol. The van der Waals surface area contributed by atoms with Crippen LogP contribution in [0.5, 0.6) is 0 Å². The smallest absolute Gasteiger partial charge is 0.322 e. The largest absolute Gasteiger partial charge is 0.480 e. The van der Waals surface area contributed by atoms with Crippen LogP contribution in [0, 0.1) is 11.8 Å². The van der Waals surface area contributed by atoms with Gasteiger partial charge in [-0.3, -0.25) is 19.2 Å². The van der Waals surface area contributed by atoms with Crippen molar-refractivity contribution in [2.24, 2.45) is 17.6 Å². The number of nitrogens with two attached hydrogens (primary N) is 1. The molecule has 34 heavy (non-hydrogen) atoms. The molecule has 0 aliphatic heterocycles. The number of hydrogen-bond donors (Lipinski definition) is 6. The number of amides is 3. The van der Waals surface area contributed by atoms with E-state index in [1.54, 1.807) is 20.8 Å². The van der Waals surface area contributed by atoms with Gasteiger partial charge in [0.25, 0.3) is 0 Å². The fraction of sp³-hybridized carbons (Fsp3) is 0.500. The number of fused-ring (bicyclic) bond motifs is 1. The Bertz CT molecular complexity index is 1020. The molecule has 7 N–H and O–H groups in total. The van der Waals surface area contributed by atoms with Crippen LogP contribution in [0.3, 0.4) is 0 Å². The van der Waals surface area contributed by atoms with E-state index in [1.165, 1.54) is 0 Å². The maximum absolute atomic E-state index is 13.0. The maximum atomic E-state index is 13.0. The molecule has 0 fully saturated rings. The quantitative estimate of drug-likeness (QED) is 0.268. The molecule has 0 radical (unpaired) electrons. The summed E-state index contributed by atoms with van der Waals surface area (Å²) in [5, 5.41) is 17.5. The summed E-state index contributed by atoms with van der Waals surface area (Å²) in [7, 11) is 0. The first-order chi connectivity index (χ1) is 16.0. The number of aromatic nitrogens is 1. The van der Waals surface area contributed by atoms with E-state index in [2.05, 4.69) is 20.9 Å². The van der Waals surface area contributed by atoms with Crippen LogP contribution in [-0.2, 0) is 25.6 Å². The molecule has 0 saturated heterocycles. The third kappa shape index (κ3) is 7.05. The maximum Gasteiger partial charge on any atom is 0.322 e. The second-order valence-corrected chi connectivity index (χ2v) is 8.88. The molecule has 1 aromatic carbocycles. The van der Waals surface area contributed by atoms with Crippen molar-refractivity contribution < 1.29 is 24.3 Å². The molecule has 4 unspecified atom stereocenters. The van der Waals surface area contributed by atoms with Crippen LogP contribution in [0.25, 0.3) is 10.9 Å². The van der Waals surface area contributed by atoms with Crippen molar-refractivity contribution in [3.63, 3.8) is 0 Å². The van der Waals surface area contributed by atoms with Crippen molar-refractivity contribution in [3.8, 4) is 0 Å². The summed E-state index contributed by atoms with van der Waals surface area (Å²) in [6.07, 6.45) is 2.69. The SMILES string of the molecule is CCC(C)C(NC(=O)C(NC(=O)C(N)Cc1c[nH]c2ccccc12)C(C)C)C(=O)NCC(=O)O. The number of carboxylic acid groups (broad SMARTS) is 1. The molecule has 1 aromatic heterocycles. The van der Waals surface area contributed by atoms with Crippen molar-refractivity contribution in [2.45, 2.75) is 58.7 Å². The number of para-hydroxylation sites is 1. The van der Waals surface area contributed by atoms with Crippen LogP contribution in [0.4, 0.5) is 0 Å². The Morgan fingerprint density at radius 2 is 1.65 bits per heavy atom. The molecule has 10 nitrogen and oxygen atoms in total. The molecule has 0 saturated carbocycles. The van der Waals surface area contributed by atoms with E-state index in [9.17, 15) is 19.2 Å². The lowest BCUT2D eigenvalue weighted by molar-refractivity contribution is -0.139. The van der Waals surface area contributed by atoms with E-state index in [-0.39, 0.29) is 18.3 Å². The van der Waals surface area contributed by atoms with E-state index in [0.717, 1.165) is 16.5 Å². The molecule has 186 valence electrons. The molecule has 2 rings (SSSR count). The number of carboxylic acids is 1. The number of carbonyl (C=O) groups is 4. The van der Waals surface area contributed by atoms with Crippen LogP contribution in [0.2, 0.25) is 0 Å². The van der Waals surface area contributed by atoms with Gasteiger partial charge in [0.15, 0.2) is 0 Å². The standard InChI is InChI=1S/C24H35N5O5/c1-5-14(4)21(23(33)27-12-19(30)31)29-24(34)20(13(2)3)28-22(32)17(25)10-15-11-26-18-9-7-6-8-16(15)18/h6-9,11,13-14,17,20-21,26H,5,10,12,25H2,1-4H3,(H,27,33)(H,28,32)(H,29,34)(H,30,31). The zero-order valence-corrected chi connectivity index (χ0v) is 20.1. The van der Waals surface area contributed by atoms with Crippen LogP contribution in [0.1, 0.15) is 39.7 Å². The summed E-state index contributed by atoms with van der Waals surface area (Å²) in [6.45, 7) is 6.65. The van der Waals surface area contributed by atoms with Crippen molar-refractivity contribution >= 4 is 34.6 Å². The number of aromatic amines is 1. The van der Waals surface area contributed by atoms with Crippen molar-refractivity contribution in [1.82, 2.24) is 20.9 Å². The van der Waals surface area contributed by atoms with Crippen LogP contribution in [-0.4, -0.2) is 58.5 Å². The van der Waals surface area contributed by atoms with Gasteiger partial charge >= 0.3 is 5.97 Å². The molecular formula is C24H35N5O5. The lowest BCUT2D eigenvalue weighted by Gasteiger charge is -2.28. The summed E-state index contributed by atoms with van der Waals surface area (Å²) >= 11 is 0. The first-order valence-electron chi connectivity index (χ1n) is 11.5. The van der Waals surface area contributed by atoms with E-state index in [0.29, 0.717) is 6.42 Å². The topological polar surface area (TPSA) is 166 Å². The highest BCUT2D eigenvalue weighted by molar-refractivity contribution is 5.94. The number of aliphatic carboxylic acids is 1. The minimum absolute atomic E-state index is 0.245. The van der Waals surface area contributed by atoms with Gasteiger partial charge in [-0.05, 0) is 29.9 Å². The third-order valence-electron chi connectivity index (χ3n) is 5.91. The Hall–Kier alpha value is -3.40. The molecule has 0 aliphatic rings. The molecule has 4 atom stereocenters. The number of rotatable bonds is 12. The van der Waals surface area contributed by atoms with Gasteiger partial charge in [0.05, 0.1) is 6.04 Å². The number of benzene rings is 1. The highest BCUT2D eigenvalue weighted by atomic mass is 16.4. The molecule has 0 spiro atoms. The first-order valence-corrected chi connectivity index (χ1v) is 11.5. The second-order valence-electron chi connectivity index (χ2n) is 8.88. The Labute approximate surface area is 199 Å². The highest BCUT2D eigenvalue weighted by Gasteiger charge is 2.32. The first kappa shape index (κ1) is 26.8. The average Bonchev–Trinajstić information content (AvgIpc) is 3.20. The van der Waals surface area contributed by atoms with E-state index < -0.39 is 48.4 Å². The van der Waals surface area contributed by atoms with Gasteiger partial charge in [-0.15, -0.1) is 0 Å². The summed E-state index contributed by atoms with van der Waals surface area (Å²) in [4.78, 5) is 52.3. The Morgan fingerprint density at radius 1 is 1.00 bits per heavy atom. The fourth-order valence-electron chi connectivity index (χ4n) is 3.64. The van der Waals surface area contributed by atoms with E-state index in [4.69, 9.17) is 10.8 Å². The summed E-state index contributed by atoms with van der Waals surface area (Å²) in [5.41, 5.74) is 8.00. The van der Waals surface area contributed by atoms with Gasteiger partial charge in [0.1, 0.15) is 18.6 Å². The zero-order chi connectivity index (χ0) is 25.4. The molecule has 0 aliphatic carbocycles. The van der Waals surface area contributed by atoms with E-state index in [1.807, 2.05) is 37.4 Å². The van der Waals surface area contributed by atoms with Gasteiger partial charge in [0, 0.05) is 17.1 Å². The van der Waals surface area contributed by atoms with Gasteiger partial charge in [-0.2, -0.15) is 0 Å². The van der Waals surface area contributed by atoms with Crippen LogP contribution < -0.4 is 21.7 Å². The molecule has 2 aromatic rings. The Kier molecular flexibility index (Phi) is 9.61. The van der Waals surface area contributed by atoms with Gasteiger partial charge < -0.3 is 31.8 Å². The normalized spacial score (nSPS) is 14.8. The van der Waals surface area contributed by atoms with Crippen LogP contribution >= 0.6 is 0 Å². The molecule has 10 heteroatoms. The molecule has 1 heterocycles. The summed E-state index contributed by atoms with van der Waals surface area (Å²) in [6, 6.07) is 4.97. The lowest BCUT2D eigenvalue weighted by Crippen LogP contribution is -2.59. The van der Waals surface area contributed by atoms with Gasteiger partial charge in [-0.1, -0.05) is 52.3 Å². The number of nitrogens with one attached hydrogen (secondary N) is 4. The molecular weight excluding hydrogens is 438 g/mol. The Morgan fingerprint density at radius 3 is 2.26 bits per heavy atom. The molecule has 0 bridgehead atoms. The number of hydrogen-bond acceptors (Lipinski definition) is 5. The lowest BCUT2D eigenvalue weighted by atomic mass is 9.96. The minimum atomic E-state index is -1.18. The Balaban J connectivity index is 2.07. The zero-order valence-electron chi connectivity index (χ0n) is 20.1. The molecule has 3 amide bonds.